The number of aromatic nitrogens is 3. The van der Waals surface area contributed by atoms with Gasteiger partial charge in [-0.3, -0.25) is 19.5 Å². The van der Waals surface area contributed by atoms with Crippen molar-refractivity contribution in [2.75, 3.05) is 12.4 Å². The van der Waals surface area contributed by atoms with Crippen molar-refractivity contribution in [2.24, 2.45) is 0 Å². The third-order valence-electron chi connectivity index (χ3n) is 5.21. The van der Waals surface area contributed by atoms with Crippen LogP contribution in [0.25, 0.3) is 10.9 Å². The minimum atomic E-state index is -0.280. The number of rotatable bonds is 5. The molecule has 162 valence electrons. The molecule has 0 aliphatic carbocycles. The van der Waals surface area contributed by atoms with Gasteiger partial charge in [-0.05, 0) is 67.4 Å². The summed E-state index contributed by atoms with van der Waals surface area (Å²) in [5.74, 6) is 0.384. The molecule has 0 fully saturated rings. The summed E-state index contributed by atoms with van der Waals surface area (Å²) in [7, 11) is 1.57. The lowest BCUT2D eigenvalue weighted by molar-refractivity contribution is -0.115. The van der Waals surface area contributed by atoms with Crippen molar-refractivity contribution in [1.29, 1.82) is 0 Å². The fraction of sp³-hybridized carbons (Fsp3) is 0.167. The molecule has 7 nitrogen and oxygen atoms in total. The number of amides is 1. The van der Waals surface area contributed by atoms with Crippen LogP contribution in [0.2, 0.25) is 5.02 Å². The number of halogens is 1. The number of fused-ring (bicyclic) bond motifs is 1. The Morgan fingerprint density at radius 2 is 1.75 bits per heavy atom. The second-order valence-electron chi connectivity index (χ2n) is 7.40. The molecule has 0 spiro atoms. The lowest BCUT2D eigenvalue weighted by atomic mass is 10.1. The topological polar surface area (TPSA) is 86.1 Å². The number of ether oxygens (including phenoxy) is 1. The fourth-order valence-corrected chi connectivity index (χ4v) is 3.71. The Morgan fingerprint density at radius 3 is 2.41 bits per heavy atom. The van der Waals surface area contributed by atoms with Crippen molar-refractivity contribution in [3.05, 3.63) is 82.3 Å². The smallest absolute Gasteiger partial charge is 0.262 e. The second kappa shape index (κ2) is 8.80. The highest BCUT2D eigenvalue weighted by Gasteiger charge is 2.22. The highest BCUT2D eigenvalue weighted by atomic mass is 35.5. The molecule has 0 saturated carbocycles. The number of methoxy groups -OCH3 is 1. The van der Waals surface area contributed by atoms with E-state index >= 15 is 0 Å². The van der Waals surface area contributed by atoms with Crippen LogP contribution in [-0.2, 0) is 11.2 Å². The molecule has 0 bridgehead atoms. The zero-order chi connectivity index (χ0) is 22.8. The van der Waals surface area contributed by atoms with Crippen molar-refractivity contribution in [3.63, 3.8) is 0 Å². The Balaban J connectivity index is 1.75. The van der Waals surface area contributed by atoms with Gasteiger partial charge in [-0.1, -0.05) is 11.6 Å². The predicted octanol–water partition coefficient (Wildman–Crippen LogP) is 4.58. The van der Waals surface area contributed by atoms with E-state index in [1.54, 1.807) is 54.4 Å². The average molecular weight is 449 g/mol. The van der Waals surface area contributed by atoms with Gasteiger partial charge in [0.05, 0.1) is 19.0 Å². The van der Waals surface area contributed by atoms with Crippen molar-refractivity contribution in [1.82, 2.24) is 14.5 Å². The van der Waals surface area contributed by atoms with Crippen molar-refractivity contribution in [3.8, 4) is 5.75 Å². The number of hydrogen-bond acceptors (Lipinski definition) is 5. The van der Waals surface area contributed by atoms with Gasteiger partial charge >= 0.3 is 0 Å². The molecule has 1 N–H and O–H groups in total. The van der Waals surface area contributed by atoms with E-state index in [9.17, 15) is 9.59 Å². The average Bonchev–Trinajstić information content (AvgIpc) is 3.06. The number of carbonyl (C=O) groups excluding carboxylic acids is 2. The van der Waals surface area contributed by atoms with Crippen LogP contribution in [0, 0.1) is 13.8 Å². The number of benzene rings is 2. The lowest BCUT2D eigenvalue weighted by Gasteiger charge is -2.08. The summed E-state index contributed by atoms with van der Waals surface area (Å²) in [4.78, 5) is 34.3. The Morgan fingerprint density at radius 1 is 1.06 bits per heavy atom. The van der Waals surface area contributed by atoms with E-state index in [1.165, 1.54) is 0 Å². The minimum Gasteiger partial charge on any atom is -0.497 e. The molecule has 2 heterocycles. The summed E-state index contributed by atoms with van der Waals surface area (Å²) >= 11 is 5.97. The van der Waals surface area contributed by atoms with Crippen molar-refractivity contribution in [2.45, 2.75) is 20.3 Å². The summed E-state index contributed by atoms with van der Waals surface area (Å²) in [6.07, 6.45) is 3.32. The van der Waals surface area contributed by atoms with Gasteiger partial charge in [0.1, 0.15) is 5.75 Å². The Hall–Kier alpha value is -3.71. The maximum atomic E-state index is 13.3. The van der Waals surface area contributed by atoms with Crippen LogP contribution in [0.5, 0.6) is 5.75 Å². The molecule has 0 saturated heterocycles. The molecule has 8 heteroatoms. The number of anilines is 1. The number of aryl methyl sites for hydroxylation is 1. The van der Waals surface area contributed by atoms with E-state index in [1.807, 2.05) is 26.0 Å². The normalized spacial score (nSPS) is 10.9. The van der Waals surface area contributed by atoms with Crippen molar-refractivity contribution < 1.29 is 14.3 Å². The van der Waals surface area contributed by atoms with Gasteiger partial charge in [-0.2, -0.15) is 0 Å². The molecular formula is C24H21ClN4O3. The van der Waals surface area contributed by atoms with E-state index in [2.05, 4.69) is 15.3 Å². The van der Waals surface area contributed by atoms with E-state index in [4.69, 9.17) is 16.3 Å². The Bertz CT molecular complexity index is 1310. The van der Waals surface area contributed by atoms with Gasteiger partial charge < -0.3 is 4.74 Å². The van der Waals surface area contributed by atoms with Crippen LogP contribution >= 0.6 is 11.6 Å². The highest BCUT2D eigenvalue weighted by Crippen LogP contribution is 2.31. The van der Waals surface area contributed by atoms with Crippen LogP contribution in [0.3, 0.4) is 0 Å². The van der Waals surface area contributed by atoms with Crippen molar-refractivity contribution >= 4 is 40.3 Å². The van der Waals surface area contributed by atoms with Crippen LogP contribution < -0.4 is 10.1 Å². The molecular weight excluding hydrogens is 428 g/mol. The molecule has 4 aromatic rings. The van der Waals surface area contributed by atoms with E-state index in [0.717, 1.165) is 16.5 Å². The Labute approximate surface area is 190 Å². The molecule has 32 heavy (non-hydrogen) atoms. The minimum absolute atomic E-state index is 0.0492. The first-order chi connectivity index (χ1) is 15.4. The molecule has 4 rings (SSSR count). The zero-order valence-electron chi connectivity index (χ0n) is 17.8. The van der Waals surface area contributed by atoms with Crippen LogP contribution in [0.1, 0.15) is 27.2 Å². The largest absolute Gasteiger partial charge is 0.497 e. The maximum Gasteiger partial charge on any atom is 0.262 e. The summed E-state index contributed by atoms with van der Waals surface area (Å²) in [5, 5.41) is 4.03. The SMILES string of the molecule is COc1ccc2c(c1)c(CC(=O)Nc1ncc(C)cn1)c(C)n2C(=O)c1ccc(Cl)cc1. The summed E-state index contributed by atoms with van der Waals surface area (Å²) < 4.78 is 6.98. The number of hydrogen-bond donors (Lipinski definition) is 1. The van der Waals surface area contributed by atoms with E-state index < -0.39 is 0 Å². The van der Waals surface area contributed by atoms with Gasteiger partial charge in [0.2, 0.25) is 11.9 Å². The first-order valence-corrected chi connectivity index (χ1v) is 10.3. The standard InChI is InChI=1S/C24H21ClN4O3/c1-14-12-26-24(27-13-14)28-22(30)11-19-15(2)29(21-9-8-18(32-3)10-20(19)21)23(31)16-4-6-17(25)7-5-16/h4-10,12-13H,11H2,1-3H3,(H,26,27,28,30). The Kier molecular flexibility index (Phi) is 5.92. The predicted molar refractivity (Wildman–Crippen MR) is 124 cm³/mol. The van der Waals surface area contributed by atoms with Gasteiger partial charge in [0.15, 0.2) is 0 Å². The lowest BCUT2D eigenvalue weighted by Crippen LogP contribution is -2.18. The third kappa shape index (κ3) is 4.20. The highest BCUT2D eigenvalue weighted by molar-refractivity contribution is 6.30. The molecule has 0 atom stereocenters. The zero-order valence-corrected chi connectivity index (χ0v) is 18.6. The number of nitrogens with one attached hydrogen (secondary N) is 1. The van der Waals surface area contributed by atoms with Crippen LogP contribution in [0.4, 0.5) is 5.95 Å². The molecule has 0 radical (unpaired) electrons. The fourth-order valence-electron chi connectivity index (χ4n) is 3.58. The number of carbonyl (C=O) groups is 2. The van der Waals surface area contributed by atoms with Crippen LogP contribution in [-0.4, -0.2) is 33.5 Å². The molecule has 1 amide bonds. The summed E-state index contributed by atoms with van der Waals surface area (Å²) in [5.41, 5.74) is 3.49. The van der Waals surface area contributed by atoms with Gasteiger partial charge in [0.25, 0.3) is 5.91 Å². The van der Waals surface area contributed by atoms with E-state index in [0.29, 0.717) is 27.5 Å². The first-order valence-electron chi connectivity index (χ1n) is 9.94. The maximum absolute atomic E-state index is 13.3. The monoisotopic (exact) mass is 448 g/mol. The molecule has 2 aromatic heterocycles. The van der Waals surface area contributed by atoms with Crippen LogP contribution in [0.15, 0.2) is 54.9 Å². The molecule has 0 unspecified atom stereocenters. The quantitative estimate of drug-likeness (QED) is 0.483. The van der Waals surface area contributed by atoms with Gasteiger partial charge in [-0.25, -0.2) is 9.97 Å². The molecule has 0 aliphatic rings. The number of nitrogens with zero attached hydrogens (tertiary/aromatic N) is 3. The first kappa shape index (κ1) is 21.5. The molecule has 0 aliphatic heterocycles. The van der Waals surface area contributed by atoms with Gasteiger partial charge in [-0.15, -0.1) is 0 Å². The summed E-state index contributed by atoms with van der Waals surface area (Å²) in [6, 6.07) is 12.2. The van der Waals surface area contributed by atoms with Gasteiger partial charge in [0, 0.05) is 34.1 Å². The van der Waals surface area contributed by atoms with E-state index in [-0.39, 0.29) is 24.2 Å². The summed E-state index contributed by atoms with van der Waals surface area (Å²) in [6.45, 7) is 3.69. The third-order valence-corrected chi connectivity index (χ3v) is 5.46. The molecule has 2 aromatic carbocycles. The second-order valence-corrected chi connectivity index (χ2v) is 7.84.